The molecule has 1 aliphatic carbocycles. The smallest absolute Gasteiger partial charge is 0.407 e. The number of fused-ring (bicyclic) bond motifs is 1. The predicted octanol–water partition coefficient (Wildman–Crippen LogP) is 1.63. The number of nitrogens with zero attached hydrogens (tertiary/aromatic N) is 1. The van der Waals surface area contributed by atoms with Crippen LogP contribution in [0.3, 0.4) is 0 Å². The molecule has 2 N–H and O–H groups in total. The third-order valence-electron chi connectivity index (χ3n) is 5.82. The van der Waals surface area contributed by atoms with Crippen molar-refractivity contribution in [3.8, 4) is 0 Å². The number of piperidine rings is 1. The van der Waals surface area contributed by atoms with Crippen molar-refractivity contribution in [2.24, 2.45) is 0 Å². The molecule has 2 aliphatic heterocycles. The summed E-state index contributed by atoms with van der Waals surface area (Å²) in [5, 5.41) is 5.01. The highest BCUT2D eigenvalue weighted by molar-refractivity contribution is 6.05. The van der Waals surface area contributed by atoms with Crippen molar-refractivity contribution in [1.29, 1.82) is 0 Å². The van der Waals surface area contributed by atoms with Gasteiger partial charge in [-0.3, -0.25) is 19.7 Å². The van der Waals surface area contributed by atoms with Gasteiger partial charge in [0, 0.05) is 37.9 Å². The van der Waals surface area contributed by atoms with Crippen molar-refractivity contribution in [2.75, 3.05) is 0 Å². The summed E-state index contributed by atoms with van der Waals surface area (Å²) in [6.45, 7) is 4.52. The number of nitrogens with one attached hydrogen (secondary N) is 2. The number of hydrogen-bond acceptors (Lipinski definition) is 6. The average Bonchev–Trinajstić information content (AvgIpc) is 3.00. The number of imide groups is 1. The molecule has 9 nitrogen and oxygen atoms in total. The van der Waals surface area contributed by atoms with E-state index in [0.717, 1.165) is 11.1 Å². The van der Waals surface area contributed by atoms with Crippen LogP contribution in [0.2, 0.25) is 0 Å². The Hall–Kier alpha value is -2.94. The van der Waals surface area contributed by atoms with Crippen molar-refractivity contribution in [1.82, 2.24) is 15.5 Å². The molecule has 4 amide bonds. The topological polar surface area (TPSA) is 114 Å². The van der Waals surface area contributed by atoms with Gasteiger partial charge in [-0.25, -0.2) is 4.79 Å². The van der Waals surface area contributed by atoms with Gasteiger partial charge in [0.05, 0.1) is 12.2 Å². The number of ether oxygens (including phenoxy) is 2. The highest BCUT2D eigenvalue weighted by atomic mass is 16.6. The standard InChI is InChI=1S/C22H27N3O6/c1-12(2)30-15-8-16(9-15)31-22(29)23-10-13-3-4-14-11-25(21(28)17(14)7-13)18-5-6-19(26)24-20(18)27/h3-4,7,12,15-16,18H,5-6,8-11H2,1-2H3,(H,23,29)(H,24,26,27). The van der Waals surface area contributed by atoms with Crippen LogP contribution < -0.4 is 10.6 Å². The van der Waals surface area contributed by atoms with E-state index in [9.17, 15) is 19.2 Å². The van der Waals surface area contributed by atoms with Crippen LogP contribution in [0.5, 0.6) is 0 Å². The molecule has 1 aromatic carbocycles. The Morgan fingerprint density at radius 3 is 2.71 bits per heavy atom. The van der Waals surface area contributed by atoms with E-state index in [1.807, 2.05) is 26.0 Å². The molecule has 4 rings (SSSR count). The molecule has 1 unspecified atom stereocenters. The Morgan fingerprint density at radius 1 is 1.23 bits per heavy atom. The number of amides is 4. The number of carbonyl (C=O) groups is 4. The largest absolute Gasteiger partial charge is 0.446 e. The van der Waals surface area contributed by atoms with E-state index in [1.165, 1.54) is 4.90 Å². The fraction of sp³-hybridized carbons (Fsp3) is 0.545. The minimum Gasteiger partial charge on any atom is -0.446 e. The zero-order valence-corrected chi connectivity index (χ0v) is 17.7. The first-order valence-corrected chi connectivity index (χ1v) is 10.7. The number of rotatable bonds is 6. The number of alkyl carbamates (subject to hydrolysis) is 1. The second-order valence-electron chi connectivity index (χ2n) is 8.55. The van der Waals surface area contributed by atoms with Crippen LogP contribution in [0.15, 0.2) is 18.2 Å². The molecule has 3 aliphatic rings. The van der Waals surface area contributed by atoms with Gasteiger partial charge in [0.2, 0.25) is 11.8 Å². The Kier molecular flexibility index (Phi) is 5.95. The minimum atomic E-state index is -0.639. The maximum Gasteiger partial charge on any atom is 0.407 e. The fourth-order valence-electron chi connectivity index (χ4n) is 4.19. The normalized spacial score (nSPS) is 25.2. The summed E-state index contributed by atoms with van der Waals surface area (Å²) in [6, 6.07) is 4.78. The molecule has 31 heavy (non-hydrogen) atoms. The van der Waals surface area contributed by atoms with Gasteiger partial charge in [-0.2, -0.15) is 0 Å². The molecular formula is C22H27N3O6. The molecule has 1 saturated carbocycles. The van der Waals surface area contributed by atoms with Crippen molar-refractivity contribution < 1.29 is 28.7 Å². The second kappa shape index (κ2) is 8.66. The van der Waals surface area contributed by atoms with Crippen LogP contribution in [-0.4, -0.2) is 53.1 Å². The third-order valence-corrected chi connectivity index (χ3v) is 5.82. The van der Waals surface area contributed by atoms with E-state index in [2.05, 4.69) is 10.6 Å². The lowest BCUT2D eigenvalue weighted by Gasteiger charge is -2.35. The highest BCUT2D eigenvalue weighted by Crippen LogP contribution is 2.29. The van der Waals surface area contributed by atoms with Crippen LogP contribution in [0, 0.1) is 0 Å². The van der Waals surface area contributed by atoms with Crippen molar-refractivity contribution >= 4 is 23.8 Å². The summed E-state index contributed by atoms with van der Waals surface area (Å²) >= 11 is 0. The fourth-order valence-corrected chi connectivity index (χ4v) is 4.19. The van der Waals surface area contributed by atoms with Crippen LogP contribution in [0.4, 0.5) is 4.79 Å². The van der Waals surface area contributed by atoms with E-state index in [-0.39, 0.29) is 43.1 Å². The Balaban J connectivity index is 1.29. The summed E-state index contributed by atoms with van der Waals surface area (Å²) in [7, 11) is 0. The van der Waals surface area contributed by atoms with E-state index in [4.69, 9.17) is 9.47 Å². The Morgan fingerprint density at radius 2 is 2.00 bits per heavy atom. The summed E-state index contributed by atoms with van der Waals surface area (Å²) in [5.74, 6) is -0.978. The van der Waals surface area contributed by atoms with E-state index in [1.54, 1.807) is 6.07 Å². The Labute approximate surface area is 180 Å². The van der Waals surface area contributed by atoms with Crippen LogP contribution in [0.1, 0.15) is 61.0 Å². The first kappa shape index (κ1) is 21.3. The molecule has 2 heterocycles. The molecule has 1 saturated heterocycles. The monoisotopic (exact) mass is 429 g/mol. The van der Waals surface area contributed by atoms with Gasteiger partial charge in [-0.1, -0.05) is 12.1 Å². The molecule has 9 heteroatoms. The van der Waals surface area contributed by atoms with Crippen LogP contribution in [0.25, 0.3) is 0 Å². The third kappa shape index (κ3) is 4.71. The van der Waals surface area contributed by atoms with Gasteiger partial charge in [0.15, 0.2) is 0 Å². The molecular weight excluding hydrogens is 402 g/mol. The van der Waals surface area contributed by atoms with Gasteiger partial charge >= 0.3 is 6.09 Å². The Bertz CT molecular complexity index is 909. The van der Waals surface area contributed by atoms with E-state index in [0.29, 0.717) is 31.4 Å². The van der Waals surface area contributed by atoms with E-state index < -0.39 is 18.0 Å². The summed E-state index contributed by atoms with van der Waals surface area (Å²) in [6.07, 6.45) is 1.64. The van der Waals surface area contributed by atoms with Gasteiger partial charge < -0.3 is 19.7 Å². The molecule has 0 spiro atoms. The first-order valence-electron chi connectivity index (χ1n) is 10.7. The quantitative estimate of drug-likeness (QED) is 0.665. The summed E-state index contributed by atoms with van der Waals surface area (Å²) in [4.78, 5) is 49.9. The highest BCUT2D eigenvalue weighted by Gasteiger charge is 2.39. The molecule has 0 bridgehead atoms. The maximum absolute atomic E-state index is 12.8. The predicted molar refractivity (Wildman–Crippen MR) is 109 cm³/mol. The zero-order valence-electron chi connectivity index (χ0n) is 17.7. The van der Waals surface area contributed by atoms with Gasteiger partial charge in [0.1, 0.15) is 12.1 Å². The minimum absolute atomic E-state index is 0.132. The van der Waals surface area contributed by atoms with Crippen molar-refractivity contribution in [2.45, 2.75) is 77.0 Å². The second-order valence-corrected chi connectivity index (χ2v) is 8.55. The number of benzene rings is 1. The van der Waals surface area contributed by atoms with Gasteiger partial charge in [-0.15, -0.1) is 0 Å². The number of carbonyl (C=O) groups excluding carboxylic acids is 4. The van der Waals surface area contributed by atoms with Gasteiger partial charge in [0.25, 0.3) is 5.91 Å². The molecule has 0 aromatic heterocycles. The molecule has 2 fully saturated rings. The molecule has 0 radical (unpaired) electrons. The van der Waals surface area contributed by atoms with Crippen LogP contribution in [-0.2, 0) is 32.2 Å². The lowest BCUT2D eigenvalue weighted by Crippen LogP contribution is -2.52. The molecule has 1 aromatic rings. The number of hydrogen-bond donors (Lipinski definition) is 2. The van der Waals surface area contributed by atoms with Crippen LogP contribution >= 0.6 is 0 Å². The first-order chi connectivity index (χ1) is 14.8. The summed E-state index contributed by atoms with van der Waals surface area (Å²) in [5.41, 5.74) is 2.11. The van der Waals surface area contributed by atoms with E-state index >= 15 is 0 Å². The lowest BCUT2D eigenvalue weighted by molar-refractivity contribution is -0.136. The SMILES string of the molecule is CC(C)OC1CC(OC(=O)NCc2ccc3c(c2)C(=O)N(C2CCC(=O)NC2=O)C3)C1. The average molecular weight is 429 g/mol. The molecule has 166 valence electrons. The molecule has 1 atom stereocenters. The maximum atomic E-state index is 12.8. The van der Waals surface area contributed by atoms with Crippen molar-refractivity contribution in [3.63, 3.8) is 0 Å². The zero-order chi connectivity index (χ0) is 22.1. The van der Waals surface area contributed by atoms with Crippen molar-refractivity contribution in [3.05, 3.63) is 34.9 Å². The van der Waals surface area contributed by atoms with Gasteiger partial charge in [-0.05, 0) is 37.5 Å². The summed E-state index contributed by atoms with van der Waals surface area (Å²) < 4.78 is 11.0. The lowest BCUT2D eigenvalue weighted by atomic mass is 9.92.